The fourth-order valence-electron chi connectivity index (χ4n) is 5.44. The number of imidazole rings is 1. The highest BCUT2D eigenvalue weighted by molar-refractivity contribution is 7.90. The SMILES string of the molecule is COC(=O)CC1CCCC(c2ccc(C(C)=CC=C(C)c3nc4cc(S(C)(=O)=O)ccc4n3C)cc2)CC1. The third kappa shape index (κ3) is 6.44. The molecule has 38 heavy (non-hydrogen) atoms. The summed E-state index contributed by atoms with van der Waals surface area (Å²) in [5, 5.41) is 0. The molecule has 0 spiro atoms. The molecule has 0 N–H and O–H groups in total. The van der Waals surface area contributed by atoms with Gasteiger partial charge >= 0.3 is 5.97 Å². The molecule has 2 aromatic carbocycles. The molecular weight excluding hydrogens is 496 g/mol. The number of carbonyl (C=O) groups excluding carboxylic acids is 1. The lowest BCUT2D eigenvalue weighted by Crippen LogP contribution is -2.09. The summed E-state index contributed by atoms with van der Waals surface area (Å²) in [6, 6.07) is 14.0. The second-order valence-corrected chi connectivity index (χ2v) is 12.6. The molecule has 2 atom stereocenters. The molecule has 1 aliphatic rings. The predicted molar refractivity (Wildman–Crippen MR) is 154 cm³/mol. The van der Waals surface area contributed by atoms with Crippen molar-refractivity contribution in [2.45, 2.75) is 63.2 Å². The van der Waals surface area contributed by atoms with Crippen LogP contribution in [0.5, 0.6) is 0 Å². The van der Waals surface area contributed by atoms with Crippen LogP contribution in [0.4, 0.5) is 0 Å². The highest BCUT2D eigenvalue weighted by Gasteiger charge is 2.22. The highest BCUT2D eigenvalue weighted by Crippen LogP contribution is 2.36. The Morgan fingerprint density at radius 1 is 1.03 bits per heavy atom. The number of allylic oxidation sites excluding steroid dienone is 4. The van der Waals surface area contributed by atoms with Crippen LogP contribution in [0.15, 0.2) is 59.5 Å². The smallest absolute Gasteiger partial charge is 0.305 e. The van der Waals surface area contributed by atoms with E-state index in [0.29, 0.717) is 23.8 Å². The number of rotatable bonds is 7. The molecule has 1 aliphatic carbocycles. The maximum atomic E-state index is 11.9. The van der Waals surface area contributed by atoms with Gasteiger partial charge in [-0.15, -0.1) is 0 Å². The van der Waals surface area contributed by atoms with E-state index in [-0.39, 0.29) is 10.9 Å². The first-order valence-electron chi connectivity index (χ1n) is 13.3. The molecule has 202 valence electrons. The van der Waals surface area contributed by atoms with E-state index in [9.17, 15) is 13.2 Å². The summed E-state index contributed by atoms with van der Waals surface area (Å²) >= 11 is 0. The first-order chi connectivity index (χ1) is 18.1. The van der Waals surface area contributed by atoms with Crippen LogP contribution in [0.3, 0.4) is 0 Å². The number of esters is 1. The quantitative estimate of drug-likeness (QED) is 0.191. The summed E-state index contributed by atoms with van der Waals surface area (Å²) in [4.78, 5) is 16.7. The molecule has 1 aromatic heterocycles. The Balaban J connectivity index is 1.46. The zero-order valence-electron chi connectivity index (χ0n) is 23.0. The summed E-state index contributed by atoms with van der Waals surface area (Å²) in [7, 11) is 0.134. The first kappa shape index (κ1) is 27.8. The number of carbonyl (C=O) groups is 1. The molecule has 1 heterocycles. The van der Waals surface area contributed by atoms with E-state index in [1.807, 2.05) is 24.6 Å². The molecule has 1 saturated carbocycles. The lowest BCUT2D eigenvalue weighted by atomic mass is 9.89. The summed E-state index contributed by atoms with van der Waals surface area (Å²) in [5.41, 5.74) is 6.28. The molecule has 0 radical (unpaired) electrons. The van der Waals surface area contributed by atoms with Crippen LogP contribution in [-0.2, 0) is 26.4 Å². The Morgan fingerprint density at radius 2 is 1.74 bits per heavy atom. The van der Waals surface area contributed by atoms with E-state index >= 15 is 0 Å². The van der Waals surface area contributed by atoms with Crippen LogP contribution >= 0.6 is 0 Å². The number of benzene rings is 2. The Bertz CT molecular complexity index is 1480. The number of hydrogen-bond acceptors (Lipinski definition) is 5. The minimum atomic E-state index is -3.28. The number of aryl methyl sites for hydroxylation is 1. The minimum absolute atomic E-state index is 0.0957. The second kappa shape index (κ2) is 11.7. The Kier molecular flexibility index (Phi) is 8.56. The van der Waals surface area contributed by atoms with Gasteiger partial charge in [0.15, 0.2) is 9.84 Å². The van der Waals surface area contributed by atoms with Crippen LogP contribution in [0.25, 0.3) is 22.2 Å². The number of nitrogens with zero attached hydrogens (tertiary/aromatic N) is 2. The van der Waals surface area contributed by atoms with Gasteiger partial charge in [-0.25, -0.2) is 13.4 Å². The van der Waals surface area contributed by atoms with Crippen LogP contribution in [0.1, 0.15) is 75.2 Å². The van der Waals surface area contributed by atoms with Crippen molar-refractivity contribution in [1.82, 2.24) is 9.55 Å². The van der Waals surface area contributed by atoms with Gasteiger partial charge in [-0.3, -0.25) is 4.79 Å². The summed E-state index contributed by atoms with van der Waals surface area (Å²) < 4.78 is 30.7. The normalized spacial score (nSPS) is 19.4. The zero-order valence-corrected chi connectivity index (χ0v) is 23.8. The Morgan fingerprint density at radius 3 is 2.42 bits per heavy atom. The first-order valence-corrected chi connectivity index (χ1v) is 15.1. The zero-order chi connectivity index (χ0) is 27.4. The van der Waals surface area contributed by atoms with Gasteiger partial charge in [0.2, 0.25) is 0 Å². The fourth-order valence-corrected chi connectivity index (χ4v) is 6.08. The second-order valence-electron chi connectivity index (χ2n) is 10.6. The lowest BCUT2D eigenvalue weighted by molar-refractivity contribution is -0.141. The van der Waals surface area contributed by atoms with E-state index in [2.05, 4.69) is 43.3 Å². The van der Waals surface area contributed by atoms with Crippen LogP contribution < -0.4 is 0 Å². The van der Waals surface area contributed by atoms with Gasteiger partial charge in [0.05, 0.1) is 23.0 Å². The molecule has 7 heteroatoms. The van der Waals surface area contributed by atoms with Gasteiger partial charge < -0.3 is 9.30 Å². The molecule has 3 aromatic rings. The highest BCUT2D eigenvalue weighted by atomic mass is 32.2. The van der Waals surface area contributed by atoms with E-state index in [0.717, 1.165) is 54.6 Å². The number of hydrogen-bond donors (Lipinski definition) is 0. The number of ether oxygens (including phenoxy) is 1. The molecule has 1 fully saturated rings. The Labute approximate surface area is 226 Å². The van der Waals surface area contributed by atoms with E-state index in [1.54, 1.807) is 12.1 Å². The topological polar surface area (TPSA) is 78.3 Å². The van der Waals surface area contributed by atoms with Gasteiger partial charge in [-0.2, -0.15) is 0 Å². The maximum absolute atomic E-state index is 11.9. The molecule has 0 bridgehead atoms. The summed E-state index contributed by atoms with van der Waals surface area (Å²) in [6.07, 6.45) is 11.5. The molecule has 0 aliphatic heterocycles. The fraction of sp³-hybridized carbons (Fsp3) is 0.419. The summed E-state index contributed by atoms with van der Waals surface area (Å²) in [5.74, 6) is 1.69. The number of fused-ring (bicyclic) bond motifs is 1. The maximum Gasteiger partial charge on any atom is 0.305 e. The van der Waals surface area contributed by atoms with Gasteiger partial charge in [-0.1, -0.05) is 42.8 Å². The van der Waals surface area contributed by atoms with Crippen molar-refractivity contribution in [3.63, 3.8) is 0 Å². The summed E-state index contributed by atoms with van der Waals surface area (Å²) in [6.45, 7) is 4.13. The molecule has 6 nitrogen and oxygen atoms in total. The van der Waals surface area contributed by atoms with Gasteiger partial charge in [0, 0.05) is 19.7 Å². The third-order valence-electron chi connectivity index (χ3n) is 7.83. The number of methoxy groups -OCH3 is 1. The minimum Gasteiger partial charge on any atom is -0.469 e. The van der Waals surface area contributed by atoms with Crippen molar-refractivity contribution < 1.29 is 17.9 Å². The van der Waals surface area contributed by atoms with Crippen molar-refractivity contribution in [2.24, 2.45) is 13.0 Å². The average Bonchev–Trinajstić information content (AvgIpc) is 3.06. The molecule has 4 rings (SSSR count). The standard InChI is InChI=1S/C31H38N2O4S/c1-21(9-10-22(2)31-32-28-20-27(38(5,35)36)17-18-29(28)33(31)3)24-13-15-26(16-14-24)25-8-6-7-23(11-12-25)19-30(34)37-4/h9-10,13-18,20,23,25H,6-8,11-12,19H2,1-5H3. The van der Waals surface area contributed by atoms with E-state index < -0.39 is 9.84 Å². The van der Waals surface area contributed by atoms with Gasteiger partial charge in [0.1, 0.15) is 5.82 Å². The van der Waals surface area contributed by atoms with Crippen molar-refractivity contribution in [2.75, 3.05) is 13.4 Å². The third-order valence-corrected chi connectivity index (χ3v) is 8.94. The lowest BCUT2D eigenvalue weighted by Gasteiger charge is -2.16. The van der Waals surface area contributed by atoms with E-state index in [1.165, 1.54) is 24.5 Å². The van der Waals surface area contributed by atoms with Crippen molar-refractivity contribution in [3.05, 3.63) is 71.6 Å². The average molecular weight is 535 g/mol. The van der Waals surface area contributed by atoms with Gasteiger partial charge in [0.25, 0.3) is 0 Å². The van der Waals surface area contributed by atoms with Crippen molar-refractivity contribution in [1.29, 1.82) is 0 Å². The molecular formula is C31H38N2O4S. The van der Waals surface area contributed by atoms with Crippen LogP contribution in [0.2, 0.25) is 0 Å². The van der Waals surface area contributed by atoms with E-state index in [4.69, 9.17) is 9.72 Å². The molecule has 0 amide bonds. The monoisotopic (exact) mass is 534 g/mol. The molecule has 0 saturated heterocycles. The number of sulfone groups is 1. The van der Waals surface area contributed by atoms with Gasteiger partial charge in [-0.05, 0) is 91.8 Å². The largest absolute Gasteiger partial charge is 0.469 e. The van der Waals surface area contributed by atoms with Crippen molar-refractivity contribution >= 4 is 38.0 Å². The predicted octanol–water partition coefficient (Wildman–Crippen LogP) is 6.71. The Hall–Kier alpha value is -3.19. The van der Waals surface area contributed by atoms with Crippen LogP contribution in [-0.4, -0.2) is 37.3 Å². The molecule has 2 unspecified atom stereocenters. The number of aromatic nitrogens is 2. The van der Waals surface area contributed by atoms with Crippen molar-refractivity contribution in [3.8, 4) is 0 Å². The van der Waals surface area contributed by atoms with Crippen LogP contribution in [0, 0.1) is 5.92 Å².